The van der Waals surface area contributed by atoms with Gasteiger partial charge in [-0.3, -0.25) is 0 Å². The summed E-state index contributed by atoms with van der Waals surface area (Å²) in [5.41, 5.74) is 5.85. The number of benzene rings is 2. The van der Waals surface area contributed by atoms with E-state index in [1.165, 1.54) is 34.0 Å². The van der Waals surface area contributed by atoms with Crippen LogP contribution in [0, 0.1) is 6.92 Å². The second-order valence-corrected chi connectivity index (χ2v) is 6.90. The fourth-order valence-corrected chi connectivity index (χ4v) is 3.71. The van der Waals surface area contributed by atoms with Crippen molar-refractivity contribution in [2.45, 2.75) is 45.2 Å². The standard InChI is InChI=1S/C19H22BrN/c1-13-18-10-9-17(12-16(18)8-11-19(13)20)21-14(2)15-6-4-3-5-7-15/h3-8,11,14,17,21H,9-10,12H2,1-2H3/t14-,17-/m0/s1. The van der Waals surface area contributed by atoms with Crippen LogP contribution in [0.3, 0.4) is 0 Å². The minimum atomic E-state index is 0.411. The monoisotopic (exact) mass is 343 g/mol. The molecule has 0 aromatic heterocycles. The zero-order valence-electron chi connectivity index (χ0n) is 12.7. The largest absolute Gasteiger partial charge is 0.307 e. The summed E-state index contributed by atoms with van der Waals surface area (Å²) in [7, 11) is 0. The molecule has 3 rings (SSSR count). The molecular formula is C19H22BrN. The number of fused-ring (bicyclic) bond motifs is 1. The molecule has 2 aromatic rings. The molecule has 0 spiro atoms. The van der Waals surface area contributed by atoms with Crippen molar-refractivity contribution < 1.29 is 0 Å². The van der Waals surface area contributed by atoms with Gasteiger partial charge in [-0.05, 0) is 61.4 Å². The highest BCUT2D eigenvalue weighted by Crippen LogP contribution is 2.30. The number of halogens is 1. The van der Waals surface area contributed by atoms with Gasteiger partial charge in [-0.25, -0.2) is 0 Å². The van der Waals surface area contributed by atoms with Crippen LogP contribution in [0.5, 0.6) is 0 Å². The van der Waals surface area contributed by atoms with Gasteiger partial charge in [0, 0.05) is 16.6 Å². The van der Waals surface area contributed by atoms with E-state index >= 15 is 0 Å². The van der Waals surface area contributed by atoms with E-state index in [1.54, 1.807) is 5.56 Å². The van der Waals surface area contributed by atoms with Gasteiger partial charge in [0.2, 0.25) is 0 Å². The minimum Gasteiger partial charge on any atom is -0.307 e. The number of nitrogens with one attached hydrogen (secondary N) is 1. The molecule has 0 radical (unpaired) electrons. The third kappa shape index (κ3) is 3.22. The van der Waals surface area contributed by atoms with E-state index in [0.717, 1.165) is 6.42 Å². The van der Waals surface area contributed by atoms with Gasteiger partial charge in [0.15, 0.2) is 0 Å². The zero-order chi connectivity index (χ0) is 14.8. The van der Waals surface area contributed by atoms with Crippen molar-refractivity contribution in [1.82, 2.24) is 5.32 Å². The molecule has 1 aliphatic carbocycles. The lowest BCUT2D eigenvalue weighted by Crippen LogP contribution is -2.36. The summed E-state index contributed by atoms with van der Waals surface area (Å²) in [6, 6.07) is 16.2. The van der Waals surface area contributed by atoms with Crippen LogP contribution in [-0.4, -0.2) is 6.04 Å². The van der Waals surface area contributed by atoms with Crippen molar-refractivity contribution in [3.8, 4) is 0 Å². The Bertz CT molecular complexity index is 621. The summed E-state index contributed by atoms with van der Waals surface area (Å²) in [6.45, 7) is 4.49. The lowest BCUT2D eigenvalue weighted by atomic mass is 9.85. The Hall–Kier alpha value is -1.12. The number of rotatable bonds is 3. The molecule has 2 aromatic carbocycles. The molecule has 0 saturated heterocycles. The van der Waals surface area contributed by atoms with Gasteiger partial charge in [-0.1, -0.05) is 52.3 Å². The average Bonchev–Trinajstić information content (AvgIpc) is 2.52. The summed E-state index contributed by atoms with van der Waals surface area (Å²) in [4.78, 5) is 0. The third-order valence-corrected chi connectivity index (χ3v) is 5.48. The maximum Gasteiger partial charge on any atom is 0.0294 e. The second kappa shape index (κ2) is 6.33. The van der Waals surface area contributed by atoms with E-state index in [0.29, 0.717) is 12.1 Å². The Morgan fingerprint density at radius 1 is 1.14 bits per heavy atom. The summed E-state index contributed by atoms with van der Waals surface area (Å²) >= 11 is 3.64. The molecule has 2 heteroatoms. The van der Waals surface area contributed by atoms with Crippen molar-refractivity contribution in [2.75, 3.05) is 0 Å². The normalized spacial score (nSPS) is 19.1. The first kappa shape index (κ1) is 14.8. The maximum absolute atomic E-state index is 3.80. The van der Waals surface area contributed by atoms with Crippen molar-refractivity contribution in [1.29, 1.82) is 0 Å². The Kier molecular flexibility index (Phi) is 4.46. The summed E-state index contributed by atoms with van der Waals surface area (Å²) in [6.07, 6.45) is 3.54. The molecule has 0 unspecified atom stereocenters. The highest BCUT2D eigenvalue weighted by molar-refractivity contribution is 9.10. The van der Waals surface area contributed by atoms with Gasteiger partial charge in [-0.15, -0.1) is 0 Å². The van der Waals surface area contributed by atoms with Gasteiger partial charge >= 0.3 is 0 Å². The first-order valence-corrected chi connectivity index (χ1v) is 8.52. The molecule has 1 nitrogen and oxygen atoms in total. The molecule has 1 N–H and O–H groups in total. The van der Waals surface area contributed by atoms with Gasteiger partial charge < -0.3 is 5.32 Å². The van der Waals surface area contributed by atoms with Gasteiger partial charge in [0.25, 0.3) is 0 Å². The maximum atomic E-state index is 3.80. The van der Waals surface area contributed by atoms with Crippen molar-refractivity contribution in [3.05, 3.63) is 69.2 Å². The molecule has 0 bridgehead atoms. The summed E-state index contributed by atoms with van der Waals surface area (Å²) in [5, 5.41) is 3.80. The molecule has 0 heterocycles. The summed E-state index contributed by atoms with van der Waals surface area (Å²) < 4.78 is 1.24. The first-order chi connectivity index (χ1) is 10.1. The van der Waals surface area contributed by atoms with Crippen LogP contribution >= 0.6 is 15.9 Å². The van der Waals surface area contributed by atoms with Gasteiger partial charge in [-0.2, -0.15) is 0 Å². The Morgan fingerprint density at radius 2 is 1.90 bits per heavy atom. The Morgan fingerprint density at radius 3 is 2.67 bits per heavy atom. The van der Waals surface area contributed by atoms with Crippen LogP contribution < -0.4 is 5.32 Å². The predicted molar refractivity (Wildman–Crippen MR) is 92.7 cm³/mol. The van der Waals surface area contributed by atoms with E-state index in [-0.39, 0.29) is 0 Å². The average molecular weight is 344 g/mol. The number of hydrogen-bond donors (Lipinski definition) is 1. The summed E-state index contributed by atoms with van der Waals surface area (Å²) in [5.74, 6) is 0. The molecule has 0 fully saturated rings. The van der Waals surface area contributed by atoms with E-state index in [9.17, 15) is 0 Å². The van der Waals surface area contributed by atoms with Gasteiger partial charge in [0.1, 0.15) is 0 Å². The molecule has 0 amide bonds. The molecule has 110 valence electrons. The molecule has 21 heavy (non-hydrogen) atoms. The van der Waals surface area contributed by atoms with Crippen LogP contribution in [0.2, 0.25) is 0 Å². The third-order valence-electron chi connectivity index (χ3n) is 4.62. The molecule has 0 aliphatic heterocycles. The highest BCUT2D eigenvalue weighted by Gasteiger charge is 2.22. The van der Waals surface area contributed by atoms with E-state index in [2.05, 4.69) is 77.6 Å². The van der Waals surface area contributed by atoms with E-state index in [1.807, 2.05) is 0 Å². The van der Waals surface area contributed by atoms with Crippen LogP contribution in [0.1, 0.15) is 41.6 Å². The Balaban J connectivity index is 1.71. The number of hydrogen-bond acceptors (Lipinski definition) is 1. The van der Waals surface area contributed by atoms with Crippen LogP contribution in [0.15, 0.2) is 46.9 Å². The SMILES string of the molecule is Cc1c(Br)ccc2c1CC[C@H](N[C@@H](C)c1ccccc1)C2. The van der Waals surface area contributed by atoms with Crippen LogP contribution in [-0.2, 0) is 12.8 Å². The lowest BCUT2D eigenvalue weighted by molar-refractivity contribution is 0.413. The predicted octanol–water partition coefficient (Wildman–Crippen LogP) is 4.97. The lowest BCUT2D eigenvalue weighted by Gasteiger charge is -2.30. The minimum absolute atomic E-state index is 0.411. The first-order valence-electron chi connectivity index (χ1n) is 7.73. The topological polar surface area (TPSA) is 12.0 Å². The molecule has 2 atom stereocenters. The molecule has 1 aliphatic rings. The van der Waals surface area contributed by atoms with Crippen LogP contribution in [0.25, 0.3) is 0 Å². The molecular weight excluding hydrogens is 322 g/mol. The van der Waals surface area contributed by atoms with Crippen LogP contribution in [0.4, 0.5) is 0 Å². The Labute approximate surface area is 135 Å². The van der Waals surface area contributed by atoms with E-state index in [4.69, 9.17) is 0 Å². The van der Waals surface area contributed by atoms with Crippen molar-refractivity contribution in [3.63, 3.8) is 0 Å². The smallest absolute Gasteiger partial charge is 0.0294 e. The fraction of sp³-hybridized carbons (Fsp3) is 0.368. The highest BCUT2D eigenvalue weighted by atomic mass is 79.9. The second-order valence-electron chi connectivity index (χ2n) is 6.05. The fourth-order valence-electron chi connectivity index (χ4n) is 3.34. The zero-order valence-corrected chi connectivity index (χ0v) is 14.3. The van der Waals surface area contributed by atoms with Crippen molar-refractivity contribution in [2.24, 2.45) is 0 Å². The molecule has 0 saturated carbocycles. The quantitative estimate of drug-likeness (QED) is 0.829. The van der Waals surface area contributed by atoms with Crippen molar-refractivity contribution >= 4 is 15.9 Å². The van der Waals surface area contributed by atoms with Gasteiger partial charge in [0.05, 0.1) is 0 Å². The van der Waals surface area contributed by atoms with E-state index < -0.39 is 0 Å².